The highest BCUT2D eigenvalue weighted by Gasteiger charge is 2.29. The van der Waals surface area contributed by atoms with E-state index in [0.717, 1.165) is 79.4 Å². The van der Waals surface area contributed by atoms with Gasteiger partial charge in [0.05, 0.1) is 9.79 Å². The van der Waals surface area contributed by atoms with Crippen LogP contribution in [0.4, 0.5) is 0 Å². The maximum Gasteiger partial charge on any atom is 0.530 e. The van der Waals surface area contributed by atoms with Gasteiger partial charge in [-0.25, -0.2) is 0 Å². The zero-order valence-corrected chi connectivity index (χ0v) is 47.2. The molecule has 0 saturated heterocycles. The van der Waals surface area contributed by atoms with Gasteiger partial charge in [-0.15, -0.1) is 6.58 Å². The first-order valence-electron chi connectivity index (χ1n) is 24.1. The SMILES string of the molecule is C=CC/C(C)=C\C.CC(C)C(C)(C)C.Cc1ccc(C(C)C)c(OP(C)Oc2ccc(C)cc2Sc2cc(C)ccc2OP(OC2=CC(C)CC=C2C(C)C)Oc2cc(C)ccc2C(C)C)c1. The maximum atomic E-state index is 6.86. The predicted molar refractivity (Wildman–Crippen MR) is 294 cm³/mol. The minimum absolute atomic E-state index is 0.267. The van der Waals surface area contributed by atoms with Crippen molar-refractivity contribution in [2.45, 2.75) is 159 Å². The van der Waals surface area contributed by atoms with Crippen LogP contribution in [-0.2, 0) is 4.52 Å². The molecule has 0 amide bonds. The van der Waals surface area contributed by atoms with Gasteiger partial charge >= 0.3 is 8.60 Å². The smallest absolute Gasteiger partial charge is 0.438 e. The van der Waals surface area contributed by atoms with Crippen molar-refractivity contribution in [3.05, 3.63) is 154 Å². The lowest BCUT2D eigenvalue weighted by Crippen LogP contribution is -2.12. The second-order valence-electron chi connectivity index (χ2n) is 20.2. The average molecular weight is 967 g/mol. The molecule has 0 aromatic heterocycles. The molecule has 5 rings (SSSR count). The van der Waals surface area contributed by atoms with Crippen LogP contribution in [-0.4, -0.2) is 6.66 Å². The van der Waals surface area contributed by atoms with Crippen LogP contribution in [0, 0.1) is 50.9 Å². The summed E-state index contributed by atoms with van der Waals surface area (Å²) >= 11 is 1.62. The van der Waals surface area contributed by atoms with E-state index in [-0.39, 0.29) is 5.92 Å². The van der Waals surface area contributed by atoms with Gasteiger partial charge in [-0.2, -0.15) is 0 Å². The molecule has 5 nitrogen and oxygen atoms in total. The Hall–Kier alpha value is -3.95. The van der Waals surface area contributed by atoms with Gasteiger partial charge in [-0.05, 0) is 171 Å². The van der Waals surface area contributed by atoms with E-state index in [1.54, 1.807) is 11.8 Å². The Labute approximate surface area is 415 Å². The number of hydrogen-bond acceptors (Lipinski definition) is 6. The topological polar surface area (TPSA) is 46.2 Å². The lowest BCUT2D eigenvalue weighted by atomic mass is 9.84. The highest BCUT2D eigenvalue weighted by atomic mass is 32.2. The molecule has 4 aromatic carbocycles. The molecule has 3 unspecified atom stereocenters. The van der Waals surface area contributed by atoms with E-state index in [1.165, 1.54) is 16.7 Å². The van der Waals surface area contributed by atoms with Crippen molar-refractivity contribution in [1.82, 2.24) is 0 Å². The van der Waals surface area contributed by atoms with Crippen molar-refractivity contribution >= 4 is 28.7 Å². The third kappa shape index (κ3) is 19.2. The third-order valence-corrected chi connectivity index (χ3v) is 14.7. The van der Waals surface area contributed by atoms with Crippen molar-refractivity contribution < 1.29 is 22.6 Å². The van der Waals surface area contributed by atoms with Gasteiger partial charge < -0.3 is 22.6 Å². The molecule has 0 heterocycles. The van der Waals surface area contributed by atoms with Gasteiger partial charge in [0, 0.05) is 6.66 Å². The molecule has 366 valence electrons. The van der Waals surface area contributed by atoms with Crippen LogP contribution >= 0.6 is 28.7 Å². The van der Waals surface area contributed by atoms with E-state index in [0.29, 0.717) is 28.9 Å². The Bertz CT molecular complexity index is 2300. The van der Waals surface area contributed by atoms with E-state index >= 15 is 0 Å². The molecule has 0 saturated carbocycles. The van der Waals surface area contributed by atoms with Crippen LogP contribution in [0.15, 0.2) is 130 Å². The minimum Gasteiger partial charge on any atom is -0.438 e. The number of benzene rings is 4. The second-order valence-corrected chi connectivity index (χ2v) is 23.5. The van der Waals surface area contributed by atoms with Crippen molar-refractivity contribution in [1.29, 1.82) is 0 Å². The predicted octanol–water partition coefficient (Wildman–Crippen LogP) is 20.1. The first kappa shape index (κ1) is 57.4. The lowest BCUT2D eigenvalue weighted by Gasteiger charge is -2.27. The van der Waals surface area contributed by atoms with Gasteiger partial charge in [-0.3, -0.25) is 0 Å². The van der Waals surface area contributed by atoms with Crippen LogP contribution in [0.25, 0.3) is 0 Å². The monoisotopic (exact) mass is 967 g/mol. The fourth-order valence-corrected chi connectivity index (χ4v) is 9.69. The first-order valence-corrected chi connectivity index (χ1v) is 27.6. The summed E-state index contributed by atoms with van der Waals surface area (Å²) in [5, 5.41) is 0. The van der Waals surface area contributed by atoms with Gasteiger partial charge in [-0.1, -0.05) is 155 Å². The average Bonchev–Trinajstić information content (AvgIpc) is 3.22. The van der Waals surface area contributed by atoms with Gasteiger partial charge in [0.15, 0.2) is 0 Å². The first-order chi connectivity index (χ1) is 31.4. The summed E-state index contributed by atoms with van der Waals surface area (Å²) in [6.07, 6.45) is 10.5. The van der Waals surface area contributed by atoms with Crippen LogP contribution in [0.2, 0.25) is 0 Å². The Morgan fingerprint density at radius 2 is 1.10 bits per heavy atom. The molecule has 0 spiro atoms. The summed E-state index contributed by atoms with van der Waals surface area (Å²) in [6, 6.07) is 25.3. The van der Waals surface area contributed by atoms with E-state index in [2.05, 4.69) is 203 Å². The van der Waals surface area contributed by atoms with Crippen molar-refractivity contribution in [3.63, 3.8) is 0 Å². The molecule has 4 aromatic rings. The number of hydrogen-bond donors (Lipinski definition) is 0. The minimum atomic E-state index is -1.90. The molecular weight excluding hydrogens is 883 g/mol. The van der Waals surface area contributed by atoms with Gasteiger partial charge in [0.25, 0.3) is 8.38 Å². The number of aryl methyl sites for hydroxylation is 4. The zero-order valence-electron chi connectivity index (χ0n) is 44.6. The van der Waals surface area contributed by atoms with Crippen LogP contribution in [0.1, 0.15) is 155 Å². The second kappa shape index (κ2) is 27.3. The number of allylic oxidation sites excluding steroid dienone is 6. The molecule has 0 radical (unpaired) electrons. The molecule has 1 aliphatic carbocycles. The van der Waals surface area contributed by atoms with E-state index < -0.39 is 17.0 Å². The van der Waals surface area contributed by atoms with Crippen LogP contribution < -0.4 is 18.1 Å². The summed E-state index contributed by atoms with van der Waals surface area (Å²) in [4.78, 5) is 1.92. The summed E-state index contributed by atoms with van der Waals surface area (Å²) in [5.74, 6) is 6.02. The van der Waals surface area contributed by atoms with E-state index in [4.69, 9.17) is 22.6 Å². The molecule has 0 aliphatic heterocycles. The van der Waals surface area contributed by atoms with E-state index in [9.17, 15) is 0 Å². The van der Waals surface area contributed by atoms with Crippen molar-refractivity contribution in [2.24, 2.45) is 23.2 Å². The molecule has 3 atom stereocenters. The Balaban J connectivity index is 0.000000737. The fraction of sp³-hybridized carbons (Fsp3) is 0.458. The Morgan fingerprint density at radius 3 is 1.54 bits per heavy atom. The molecular formula is C59H84O5P2S. The summed E-state index contributed by atoms with van der Waals surface area (Å²) in [6.45, 7) is 44.8. The lowest BCUT2D eigenvalue weighted by molar-refractivity contribution is 0.283. The zero-order chi connectivity index (χ0) is 50.2. The van der Waals surface area contributed by atoms with Crippen molar-refractivity contribution in [3.8, 4) is 23.0 Å². The third-order valence-electron chi connectivity index (χ3n) is 11.7. The van der Waals surface area contributed by atoms with Crippen LogP contribution in [0.3, 0.4) is 0 Å². The summed E-state index contributed by atoms with van der Waals surface area (Å²) < 4.78 is 33.5. The van der Waals surface area contributed by atoms with Crippen molar-refractivity contribution in [2.75, 3.05) is 6.66 Å². The Kier molecular flexibility index (Phi) is 23.4. The number of rotatable bonds is 17. The highest BCUT2D eigenvalue weighted by molar-refractivity contribution is 7.99. The maximum absolute atomic E-state index is 6.86. The quantitative estimate of drug-likeness (QED) is 0.0776. The van der Waals surface area contributed by atoms with E-state index in [1.807, 2.05) is 31.8 Å². The molecule has 0 bridgehead atoms. The summed E-state index contributed by atoms with van der Waals surface area (Å²) in [7, 11) is -3.17. The van der Waals surface area contributed by atoms with Gasteiger partial charge in [0.1, 0.15) is 28.8 Å². The molecule has 0 fully saturated rings. The normalized spacial score (nSPS) is 14.9. The standard InChI is InChI=1S/C45H56O5P2S.C7H16.C7H12/c1-28(2)36-18-13-31(7)23-41(36)47-51(12)46-39-21-16-34(10)26-44(39)53-45-27-35(11)17-22-40(45)48-52(49-42-24-32(8)14-19-37(42)29(3)4)50-43-25-33(9)15-20-38(43)30(5)6;1-6(2)7(3,4)5;1-4-6-7(3)5-2/h13-14,16-30,33H,15H2,1-12H3;6H,1-5H3;4-5H,1,6H2,2-3H3/b;;7-5-. The van der Waals surface area contributed by atoms with Gasteiger partial charge in [0.2, 0.25) is 0 Å². The molecule has 1 aliphatic rings. The largest absolute Gasteiger partial charge is 0.530 e. The summed E-state index contributed by atoms with van der Waals surface area (Å²) in [5.41, 5.74) is 9.90. The molecule has 67 heavy (non-hydrogen) atoms. The molecule has 0 N–H and O–H groups in total. The van der Waals surface area contributed by atoms with Crippen LogP contribution in [0.5, 0.6) is 23.0 Å². The highest BCUT2D eigenvalue weighted by Crippen LogP contribution is 2.52. The fourth-order valence-electron chi connectivity index (χ4n) is 6.43. The molecule has 8 heteroatoms. The Morgan fingerprint density at radius 1 is 0.672 bits per heavy atom.